The minimum atomic E-state index is -4.47. The summed E-state index contributed by atoms with van der Waals surface area (Å²) < 4.78 is 34.2. The summed E-state index contributed by atoms with van der Waals surface area (Å²) in [7, 11) is -4.47. The third-order valence-corrected chi connectivity index (χ3v) is 11.0. The van der Waals surface area contributed by atoms with E-state index < -0.39 is 31.4 Å². The Morgan fingerprint density at radius 3 is 2.40 bits per heavy atom. The molecule has 1 amide bonds. The van der Waals surface area contributed by atoms with Crippen molar-refractivity contribution in [3.05, 3.63) is 124 Å². The fourth-order valence-electron chi connectivity index (χ4n) is 6.04. The molecule has 1 fully saturated rings. The van der Waals surface area contributed by atoms with Crippen molar-refractivity contribution in [2.45, 2.75) is 36.3 Å². The van der Waals surface area contributed by atoms with Crippen LogP contribution in [0.5, 0.6) is 11.5 Å². The number of aromatic nitrogens is 2. The lowest BCUT2D eigenvalue weighted by Crippen LogP contribution is -2.46. The third-order valence-electron chi connectivity index (χ3n) is 8.64. The van der Waals surface area contributed by atoms with Crippen LogP contribution in [0.4, 0.5) is 17.2 Å². The van der Waals surface area contributed by atoms with Crippen molar-refractivity contribution in [2.24, 2.45) is 0 Å². The van der Waals surface area contributed by atoms with Crippen molar-refractivity contribution in [3.63, 3.8) is 0 Å². The first kappa shape index (κ1) is 39.0. The van der Waals surface area contributed by atoms with Gasteiger partial charge in [-0.05, 0) is 97.3 Å². The fourth-order valence-corrected chi connectivity index (χ4v) is 7.81. The molecule has 16 heteroatoms. The van der Waals surface area contributed by atoms with Crippen molar-refractivity contribution in [1.82, 2.24) is 19.8 Å². The molecule has 3 N–H and O–H groups in total. The smallest absolute Gasteiger partial charge is 0.293 e. The second kappa shape index (κ2) is 17.6. The van der Waals surface area contributed by atoms with Crippen LogP contribution in [-0.2, 0) is 16.6 Å². The lowest BCUT2D eigenvalue weighted by Gasteiger charge is -2.35. The number of benzene rings is 4. The summed E-state index contributed by atoms with van der Waals surface area (Å²) in [6, 6.07) is 29.4. The van der Waals surface area contributed by atoms with E-state index in [1.807, 2.05) is 78.1 Å². The molecule has 1 saturated heterocycles. The van der Waals surface area contributed by atoms with E-state index >= 15 is 0 Å². The molecule has 1 aliphatic rings. The van der Waals surface area contributed by atoms with Crippen molar-refractivity contribution < 1.29 is 28.0 Å². The molecule has 55 heavy (non-hydrogen) atoms. The first-order valence-electron chi connectivity index (χ1n) is 17.6. The topological polar surface area (TPSA) is 180 Å². The number of nitrogens with one attached hydrogen (secondary N) is 2. The Bertz CT molecular complexity index is 2230. The molecule has 1 aromatic heterocycles. The number of amides is 1. The Labute approximate surface area is 323 Å². The van der Waals surface area contributed by atoms with Gasteiger partial charge in [-0.25, -0.2) is 13.1 Å². The van der Waals surface area contributed by atoms with E-state index in [0.29, 0.717) is 37.7 Å². The molecule has 0 bridgehead atoms. The Kier molecular flexibility index (Phi) is 12.5. The molecular weight excluding hydrogens is 743 g/mol. The second-order valence-corrected chi connectivity index (χ2v) is 15.9. The summed E-state index contributed by atoms with van der Waals surface area (Å²) in [6.07, 6.45) is 0.00290. The number of carbonyl (C=O) groups is 1. The highest BCUT2D eigenvalue weighted by molar-refractivity contribution is 7.99. The number of nitro benzene ring substituents is 1. The molecule has 14 nitrogen and oxygen atoms in total. The van der Waals surface area contributed by atoms with Gasteiger partial charge in [-0.1, -0.05) is 30.3 Å². The minimum Gasteiger partial charge on any atom is -0.508 e. The SMILES string of the molecule is CC(C)Oc1cc(CN2CCN(c3ccc(C(=O)NS(=O)(=O)c4ccc(NCCSc5ccccc5)c([N+](=O)[O-])c4)nn3)CC2)cc(-c2cccc(O)c2)c1. The van der Waals surface area contributed by atoms with Crippen LogP contribution in [0, 0.1) is 10.1 Å². The standard InChI is InChI=1S/C39H41N7O7S2/c1-27(2)53-32-22-28(21-30(24-32)29-7-6-8-31(47)23-29)26-44-16-18-45(19-17-44)38-14-13-36(41-42-38)39(48)43-55(51,52)34-11-12-35(37(25-34)46(49)50)40-15-20-54-33-9-4-3-5-10-33/h3-14,21-25,27,40,47H,15-20,26H2,1-2H3,(H,43,48). The molecule has 286 valence electrons. The van der Waals surface area contributed by atoms with Gasteiger partial charge in [0.1, 0.15) is 17.2 Å². The van der Waals surface area contributed by atoms with Gasteiger partial charge >= 0.3 is 0 Å². The number of sulfonamides is 1. The average molecular weight is 784 g/mol. The van der Waals surface area contributed by atoms with E-state index in [9.17, 15) is 28.4 Å². The Hall–Kier alpha value is -5.71. The van der Waals surface area contributed by atoms with Gasteiger partial charge in [0.25, 0.3) is 21.6 Å². The fraction of sp³-hybridized carbons (Fsp3) is 0.256. The second-order valence-electron chi connectivity index (χ2n) is 13.1. The van der Waals surface area contributed by atoms with Crippen LogP contribution in [0.15, 0.2) is 113 Å². The van der Waals surface area contributed by atoms with Gasteiger partial charge in [0, 0.05) is 56.0 Å². The minimum absolute atomic E-state index is 0.00290. The normalized spacial score (nSPS) is 13.4. The molecule has 0 spiro atoms. The quantitative estimate of drug-likeness (QED) is 0.0474. The van der Waals surface area contributed by atoms with E-state index in [2.05, 4.69) is 26.5 Å². The van der Waals surface area contributed by atoms with Crippen molar-refractivity contribution in [3.8, 4) is 22.6 Å². The molecule has 0 atom stereocenters. The lowest BCUT2D eigenvalue weighted by molar-refractivity contribution is -0.384. The van der Waals surface area contributed by atoms with Crippen LogP contribution in [-0.4, -0.2) is 84.0 Å². The number of rotatable bonds is 15. The molecule has 0 saturated carbocycles. The number of phenols is 1. The molecule has 1 aliphatic heterocycles. The number of nitrogens with zero attached hydrogens (tertiary/aromatic N) is 5. The first-order valence-corrected chi connectivity index (χ1v) is 20.1. The maximum Gasteiger partial charge on any atom is 0.293 e. The summed E-state index contributed by atoms with van der Waals surface area (Å²) in [6.45, 7) is 7.79. The largest absolute Gasteiger partial charge is 0.508 e. The highest BCUT2D eigenvalue weighted by atomic mass is 32.2. The number of piperazine rings is 1. The molecule has 2 heterocycles. The molecular formula is C39H41N7O7S2. The van der Waals surface area contributed by atoms with E-state index in [1.54, 1.807) is 30.0 Å². The summed E-state index contributed by atoms with van der Waals surface area (Å²) in [4.78, 5) is 29.1. The Morgan fingerprint density at radius 1 is 0.927 bits per heavy atom. The van der Waals surface area contributed by atoms with E-state index in [0.717, 1.165) is 46.5 Å². The maximum atomic E-state index is 13.1. The molecule has 0 unspecified atom stereocenters. The Morgan fingerprint density at radius 2 is 1.71 bits per heavy atom. The number of ether oxygens (including phenoxy) is 1. The van der Waals surface area contributed by atoms with Gasteiger partial charge in [-0.2, -0.15) is 0 Å². The van der Waals surface area contributed by atoms with Crippen LogP contribution >= 0.6 is 11.8 Å². The number of phenolic OH excluding ortho intramolecular Hbond substituents is 1. The van der Waals surface area contributed by atoms with Gasteiger partial charge in [0.15, 0.2) is 11.5 Å². The molecule has 0 aliphatic carbocycles. The third kappa shape index (κ3) is 10.5. The maximum absolute atomic E-state index is 13.1. The van der Waals surface area contributed by atoms with E-state index in [-0.39, 0.29) is 23.2 Å². The predicted molar refractivity (Wildman–Crippen MR) is 212 cm³/mol. The molecule has 6 rings (SSSR count). The molecule has 0 radical (unpaired) electrons. The number of hydrogen-bond donors (Lipinski definition) is 3. The number of anilines is 2. The molecule has 5 aromatic rings. The number of hydrogen-bond acceptors (Lipinski definition) is 13. The van der Waals surface area contributed by atoms with E-state index in [1.165, 1.54) is 18.2 Å². The number of carbonyl (C=O) groups excluding carboxylic acids is 1. The number of nitro groups is 1. The average Bonchev–Trinajstić information content (AvgIpc) is 3.17. The van der Waals surface area contributed by atoms with Crippen LogP contribution in [0.25, 0.3) is 11.1 Å². The van der Waals surface area contributed by atoms with Gasteiger partial charge in [0.2, 0.25) is 0 Å². The zero-order chi connectivity index (χ0) is 39.0. The van der Waals surface area contributed by atoms with E-state index in [4.69, 9.17) is 4.74 Å². The van der Waals surface area contributed by atoms with Crippen LogP contribution in [0.1, 0.15) is 29.9 Å². The first-order chi connectivity index (χ1) is 26.4. The monoisotopic (exact) mass is 783 g/mol. The number of aromatic hydroxyl groups is 1. The highest BCUT2D eigenvalue weighted by Gasteiger charge is 2.25. The summed E-state index contributed by atoms with van der Waals surface area (Å²) in [5.74, 6) is 1.10. The summed E-state index contributed by atoms with van der Waals surface area (Å²) >= 11 is 1.58. The highest BCUT2D eigenvalue weighted by Crippen LogP contribution is 2.31. The summed E-state index contributed by atoms with van der Waals surface area (Å²) in [5, 5.41) is 33.0. The summed E-state index contributed by atoms with van der Waals surface area (Å²) in [5.41, 5.74) is 2.43. The van der Waals surface area contributed by atoms with Crippen LogP contribution in [0.3, 0.4) is 0 Å². The predicted octanol–water partition coefficient (Wildman–Crippen LogP) is 6.19. The zero-order valence-electron chi connectivity index (χ0n) is 30.3. The Balaban J connectivity index is 1.03. The number of thioether (sulfide) groups is 1. The lowest BCUT2D eigenvalue weighted by atomic mass is 10.0. The van der Waals surface area contributed by atoms with Crippen molar-refractivity contribution >= 4 is 44.9 Å². The van der Waals surface area contributed by atoms with Crippen molar-refractivity contribution in [2.75, 3.05) is 48.7 Å². The van der Waals surface area contributed by atoms with Crippen molar-refractivity contribution in [1.29, 1.82) is 0 Å². The zero-order valence-corrected chi connectivity index (χ0v) is 31.9. The van der Waals surface area contributed by atoms with Crippen LogP contribution in [0.2, 0.25) is 0 Å². The van der Waals surface area contributed by atoms with Gasteiger partial charge in [-0.15, -0.1) is 22.0 Å². The van der Waals surface area contributed by atoms with Gasteiger partial charge in [-0.3, -0.25) is 19.8 Å². The van der Waals surface area contributed by atoms with Crippen LogP contribution < -0.4 is 19.7 Å². The molecule has 4 aromatic carbocycles. The van der Waals surface area contributed by atoms with Gasteiger partial charge in [0.05, 0.1) is 15.9 Å². The van der Waals surface area contributed by atoms with Gasteiger partial charge < -0.3 is 20.1 Å².